The molecule has 108 valence electrons. The highest BCUT2D eigenvalue weighted by atomic mass is 32.2. The van der Waals surface area contributed by atoms with Gasteiger partial charge in [0.25, 0.3) is 5.69 Å². The van der Waals surface area contributed by atoms with Crippen LogP contribution in [-0.4, -0.2) is 40.7 Å². The zero-order chi connectivity index (χ0) is 14.1. The molecule has 2 aliphatic rings. The first kappa shape index (κ1) is 14.2. The van der Waals surface area contributed by atoms with Crippen molar-refractivity contribution in [3.8, 4) is 0 Å². The standard InChI is InChI=1S/C13H15NO4S2/c1-17-11-6-9-7-19-13(12(11)18-9)20-10-4-2-8(3-5-10)14(15)16/h2-5,9,11-13H,6-7H2,1H3/t9-,11-,12-,13+/m0/s1. The van der Waals surface area contributed by atoms with Crippen molar-refractivity contribution in [2.75, 3.05) is 12.9 Å². The summed E-state index contributed by atoms with van der Waals surface area (Å²) in [4.78, 5) is 11.3. The van der Waals surface area contributed by atoms with E-state index in [1.165, 1.54) is 0 Å². The van der Waals surface area contributed by atoms with E-state index in [0.717, 1.165) is 17.1 Å². The summed E-state index contributed by atoms with van der Waals surface area (Å²) in [7, 11) is 1.73. The first-order valence-electron chi connectivity index (χ1n) is 6.38. The van der Waals surface area contributed by atoms with Gasteiger partial charge >= 0.3 is 0 Å². The molecule has 3 rings (SSSR count). The number of hydrogen-bond acceptors (Lipinski definition) is 6. The van der Waals surface area contributed by atoms with Gasteiger partial charge in [-0.2, -0.15) is 0 Å². The number of fused-ring (bicyclic) bond motifs is 2. The average Bonchev–Trinajstić information content (AvgIpc) is 2.80. The molecule has 0 aromatic heterocycles. The van der Waals surface area contributed by atoms with E-state index in [9.17, 15) is 10.1 Å². The van der Waals surface area contributed by atoms with E-state index in [0.29, 0.717) is 6.10 Å². The Morgan fingerprint density at radius 1 is 1.45 bits per heavy atom. The van der Waals surface area contributed by atoms with Crippen molar-refractivity contribution < 1.29 is 14.4 Å². The Bertz CT molecular complexity index is 496. The molecule has 20 heavy (non-hydrogen) atoms. The fraction of sp³-hybridized carbons (Fsp3) is 0.538. The van der Waals surface area contributed by atoms with Crippen LogP contribution >= 0.6 is 23.5 Å². The van der Waals surface area contributed by atoms with Gasteiger partial charge in [-0.15, -0.1) is 23.5 Å². The lowest BCUT2D eigenvalue weighted by Gasteiger charge is -2.29. The third kappa shape index (κ3) is 2.81. The predicted molar refractivity (Wildman–Crippen MR) is 79.3 cm³/mol. The monoisotopic (exact) mass is 313 g/mol. The number of nitro benzene ring substituents is 1. The van der Waals surface area contributed by atoms with Crippen LogP contribution < -0.4 is 0 Å². The Kier molecular flexibility index (Phi) is 4.21. The summed E-state index contributed by atoms with van der Waals surface area (Å²) >= 11 is 3.59. The molecule has 0 unspecified atom stereocenters. The highest BCUT2D eigenvalue weighted by Gasteiger charge is 2.45. The van der Waals surface area contributed by atoms with Crippen LogP contribution in [0.25, 0.3) is 0 Å². The average molecular weight is 313 g/mol. The third-order valence-corrected chi connectivity index (χ3v) is 6.43. The van der Waals surface area contributed by atoms with Crippen LogP contribution in [0.5, 0.6) is 0 Å². The van der Waals surface area contributed by atoms with E-state index in [2.05, 4.69) is 0 Å². The molecule has 2 heterocycles. The number of ether oxygens (including phenoxy) is 2. The molecule has 7 heteroatoms. The maximum absolute atomic E-state index is 10.6. The summed E-state index contributed by atoms with van der Waals surface area (Å²) in [5.41, 5.74) is 0.123. The van der Waals surface area contributed by atoms with Gasteiger partial charge in [-0.05, 0) is 12.1 Å². The second-order valence-electron chi connectivity index (χ2n) is 4.80. The van der Waals surface area contributed by atoms with Gasteiger partial charge < -0.3 is 9.47 Å². The molecule has 0 spiro atoms. The molecule has 5 nitrogen and oxygen atoms in total. The van der Waals surface area contributed by atoms with Crippen LogP contribution in [0.4, 0.5) is 5.69 Å². The molecule has 2 fully saturated rings. The Labute approximate surface area is 125 Å². The minimum Gasteiger partial charge on any atom is -0.379 e. The number of hydrogen-bond donors (Lipinski definition) is 0. The quantitative estimate of drug-likeness (QED) is 0.629. The van der Waals surface area contributed by atoms with Crippen molar-refractivity contribution in [3.63, 3.8) is 0 Å². The second kappa shape index (κ2) is 5.93. The van der Waals surface area contributed by atoms with Crippen molar-refractivity contribution in [2.24, 2.45) is 0 Å². The van der Waals surface area contributed by atoms with Crippen LogP contribution in [0.2, 0.25) is 0 Å². The van der Waals surface area contributed by atoms with Crippen molar-refractivity contribution >= 4 is 29.2 Å². The summed E-state index contributed by atoms with van der Waals surface area (Å²) in [6, 6.07) is 6.68. The lowest BCUT2D eigenvalue weighted by Crippen LogP contribution is -2.34. The minimum atomic E-state index is -0.380. The fourth-order valence-corrected chi connectivity index (χ4v) is 5.34. The Morgan fingerprint density at radius 3 is 2.85 bits per heavy atom. The van der Waals surface area contributed by atoms with E-state index in [1.807, 2.05) is 11.8 Å². The van der Waals surface area contributed by atoms with Gasteiger partial charge in [0.05, 0.1) is 21.7 Å². The number of benzene rings is 1. The largest absolute Gasteiger partial charge is 0.379 e. The molecule has 2 saturated heterocycles. The van der Waals surface area contributed by atoms with Crippen LogP contribution in [0.15, 0.2) is 29.2 Å². The number of non-ortho nitro benzene ring substituents is 1. The SMILES string of the molecule is CO[C@H]1C[C@H]2CS[C@H](Sc3ccc([N+](=O)[O-])cc3)[C@H]1O2. The summed E-state index contributed by atoms with van der Waals surface area (Å²) in [6.45, 7) is 0. The number of nitrogens with zero attached hydrogens (tertiary/aromatic N) is 1. The molecule has 1 aromatic carbocycles. The molecule has 2 aliphatic heterocycles. The molecule has 4 atom stereocenters. The smallest absolute Gasteiger partial charge is 0.269 e. The molecule has 2 bridgehead atoms. The van der Waals surface area contributed by atoms with Gasteiger partial charge in [0, 0.05) is 36.3 Å². The number of rotatable bonds is 4. The normalized spacial score (nSPS) is 32.2. The molecule has 0 radical (unpaired) electrons. The Balaban J connectivity index is 1.69. The van der Waals surface area contributed by atoms with Crippen molar-refractivity contribution in [1.82, 2.24) is 0 Å². The Morgan fingerprint density at radius 2 is 2.20 bits per heavy atom. The number of methoxy groups -OCH3 is 1. The topological polar surface area (TPSA) is 61.6 Å². The maximum atomic E-state index is 10.6. The molecular weight excluding hydrogens is 298 g/mol. The molecular formula is C13H15NO4S2. The van der Waals surface area contributed by atoms with Crippen molar-refractivity contribution in [1.29, 1.82) is 0 Å². The van der Waals surface area contributed by atoms with Crippen LogP contribution in [-0.2, 0) is 9.47 Å². The molecule has 0 amide bonds. The van der Waals surface area contributed by atoms with E-state index in [-0.39, 0.29) is 27.4 Å². The van der Waals surface area contributed by atoms with Gasteiger partial charge in [0.2, 0.25) is 0 Å². The first-order valence-corrected chi connectivity index (χ1v) is 8.31. The minimum absolute atomic E-state index is 0.101. The first-order chi connectivity index (χ1) is 9.67. The lowest BCUT2D eigenvalue weighted by atomic mass is 10.2. The summed E-state index contributed by atoms with van der Waals surface area (Å²) in [5.74, 6) is 0.987. The summed E-state index contributed by atoms with van der Waals surface area (Å²) in [5, 5.41) is 10.6. The molecule has 0 saturated carbocycles. The van der Waals surface area contributed by atoms with E-state index < -0.39 is 0 Å². The van der Waals surface area contributed by atoms with Gasteiger partial charge in [0.15, 0.2) is 0 Å². The maximum Gasteiger partial charge on any atom is 0.269 e. The van der Waals surface area contributed by atoms with Gasteiger partial charge in [0.1, 0.15) is 6.10 Å². The number of nitro groups is 1. The highest BCUT2D eigenvalue weighted by molar-refractivity contribution is 8.17. The van der Waals surface area contributed by atoms with Gasteiger partial charge in [-0.25, -0.2) is 0 Å². The van der Waals surface area contributed by atoms with E-state index >= 15 is 0 Å². The molecule has 0 N–H and O–H groups in total. The van der Waals surface area contributed by atoms with E-state index in [1.54, 1.807) is 43.1 Å². The summed E-state index contributed by atoms with van der Waals surface area (Å²) < 4.78 is 11.8. The van der Waals surface area contributed by atoms with Crippen LogP contribution in [0.3, 0.4) is 0 Å². The van der Waals surface area contributed by atoms with Gasteiger partial charge in [-0.1, -0.05) is 0 Å². The van der Waals surface area contributed by atoms with Crippen molar-refractivity contribution in [2.45, 2.75) is 34.2 Å². The summed E-state index contributed by atoms with van der Waals surface area (Å²) in [6.07, 6.45) is 1.53. The third-order valence-electron chi connectivity index (χ3n) is 3.53. The zero-order valence-corrected chi connectivity index (χ0v) is 12.6. The molecule has 0 aliphatic carbocycles. The lowest BCUT2D eigenvalue weighted by molar-refractivity contribution is -0.384. The van der Waals surface area contributed by atoms with E-state index in [4.69, 9.17) is 9.47 Å². The van der Waals surface area contributed by atoms with Crippen molar-refractivity contribution in [3.05, 3.63) is 34.4 Å². The van der Waals surface area contributed by atoms with Crippen LogP contribution in [0.1, 0.15) is 6.42 Å². The second-order valence-corrected chi connectivity index (χ2v) is 7.49. The zero-order valence-electron chi connectivity index (χ0n) is 10.9. The van der Waals surface area contributed by atoms with Gasteiger partial charge in [-0.3, -0.25) is 10.1 Å². The highest BCUT2D eigenvalue weighted by Crippen LogP contribution is 2.45. The van der Waals surface area contributed by atoms with Crippen LogP contribution in [0, 0.1) is 10.1 Å². The Hall–Kier alpha value is -0.760. The number of thioether (sulfide) groups is 2. The molecule has 1 aromatic rings. The fourth-order valence-electron chi connectivity index (χ4n) is 2.51. The predicted octanol–water partition coefficient (Wildman–Crippen LogP) is 2.93.